The summed E-state index contributed by atoms with van der Waals surface area (Å²) in [6, 6.07) is 35.6. The van der Waals surface area contributed by atoms with Crippen LogP contribution in [-0.2, 0) is 0 Å². The highest BCUT2D eigenvalue weighted by atomic mass is 35.5. The van der Waals surface area contributed by atoms with Gasteiger partial charge < -0.3 is 18.7 Å². The molecule has 1 N–H and O–H groups in total. The van der Waals surface area contributed by atoms with E-state index >= 15 is 0 Å². The molecule has 0 unspecified atom stereocenters. The van der Waals surface area contributed by atoms with E-state index in [1.165, 1.54) is 0 Å². The van der Waals surface area contributed by atoms with Crippen LogP contribution in [0.25, 0.3) is 101 Å². The summed E-state index contributed by atoms with van der Waals surface area (Å²) in [7, 11) is 0. The van der Waals surface area contributed by atoms with E-state index < -0.39 is 5.97 Å². The molecule has 11 rings (SSSR count). The Kier molecular flexibility index (Phi) is 10.2. The molecule has 0 spiro atoms. The summed E-state index contributed by atoms with van der Waals surface area (Å²) in [5.41, 5.74) is 8.44. The lowest BCUT2D eigenvalue weighted by Gasteiger charge is -2.26. The van der Waals surface area contributed by atoms with Crippen LogP contribution in [0, 0.1) is 0 Å². The van der Waals surface area contributed by atoms with E-state index in [0.29, 0.717) is 70.7 Å². The van der Waals surface area contributed by atoms with Gasteiger partial charge in [-0.25, -0.2) is 14.8 Å². The van der Waals surface area contributed by atoms with Crippen LogP contribution in [0.1, 0.15) is 48.5 Å². The van der Waals surface area contributed by atoms with Crippen molar-refractivity contribution in [3.8, 4) is 67.8 Å². The fraction of sp³-hybridized carbons (Fsp3) is 0.120. The summed E-state index contributed by atoms with van der Waals surface area (Å²) in [6.45, 7) is 0. The molecule has 1 saturated carbocycles. The number of hydrogen-bond donors (Lipinski definition) is 1. The Morgan fingerprint density at radius 1 is 0.609 bits per heavy atom. The van der Waals surface area contributed by atoms with Gasteiger partial charge in [-0.3, -0.25) is 4.98 Å². The van der Waals surface area contributed by atoms with E-state index in [1.54, 1.807) is 42.6 Å². The highest BCUT2D eigenvalue weighted by molar-refractivity contribution is 6.42. The molecule has 1 fully saturated rings. The largest absolute Gasteiger partial charge is 0.478 e. The van der Waals surface area contributed by atoms with Crippen LogP contribution >= 0.6 is 46.4 Å². The highest BCUT2D eigenvalue weighted by Crippen LogP contribution is 2.45. The van der Waals surface area contributed by atoms with Crippen molar-refractivity contribution < 1.29 is 18.9 Å². The normalized spacial score (nSPS) is 13.4. The zero-order chi connectivity index (χ0) is 43.6. The average molecular weight is 923 g/mol. The van der Waals surface area contributed by atoms with Crippen LogP contribution in [0.2, 0.25) is 20.1 Å². The molecule has 0 aliphatic heterocycles. The summed E-state index contributed by atoms with van der Waals surface area (Å²) in [5.74, 6) is 0.373. The van der Waals surface area contributed by atoms with Gasteiger partial charge in [0.05, 0.1) is 47.7 Å². The number of fused-ring (bicyclic) bond motifs is 3. The highest BCUT2D eigenvalue weighted by Gasteiger charge is 2.31. The van der Waals surface area contributed by atoms with Gasteiger partial charge in [0, 0.05) is 63.0 Å². The SMILES string of the molecule is O=C(O)c1c(-c2cc(-c3ccc(Cl)c(Cl)c3)no2)cc2c(nc(-c3ccc4nc(-c5cc(-c6ccc(Cl)c(Cl)c6)no5)ccc4c3)n2C2CCCCC2)c1-c1ccc2ncccc2c1. The second-order valence-corrected chi connectivity index (χ2v) is 17.5. The molecule has 10 nitrogen and oxygen atoms in total. The minimum atomic E-state index is -1.14. The summed E-state index contributed by atoms with van der Waals surface area (Å²) >= 11 is 25.0. The third-order valence-electron chi connectivity index (χ3n) is 11.9. The number of hydrogen-bond acceptors (Lipinski definition) is 8. The van der Waals surface area contributed by atoms with Crippen molar-refractivity contribution in [3.05, 3.63) is 147 Å². The van der Waals surface area contributed by atoms with Crippen molar-refractivity contribution in [2.45, 2.75) is 38.1 Å². The molecule has 0 saturated heterocycles. The standard InChI is InChI=1S/C50H32Cl4N6O4/c51-34-13-8-28(21-36(34)53)41-24-44(63-58-41)33-23-43-48(46(47(33)50(61)62)30-11-15-38-26(19-30)5-4-18-55-38)57-49(60(43)32-6-2-1-3-7-32)31-12-16-39-27(20-31)10-17-40(56-39)45-25-42(59-64-45)29-9-14-35(52)37(54)22-29/h4-5,8-25,32H,1-3,6-7H2,(H,61,62). The summed E-state index contributed by atoms with van der Waals surface area (Å²) in [6.07, 6.45) is 6.87. The average Bonchev–Trinajstić information content (AvgIpc) is 4.10. The molecule has 314 valence electrons. The van der Waals surface area contributed by atoms with E-state index in [1.807, 2.05) is 72.8 Å². The molecule has 0 bridgehead atoms. The number of nitrogens with zero attached hydrogens (tertiary/aromatic N) is 6. The molecule has 5 heterocycles. The van der Waals surface area contributed by atoms with Crippen molar-refractivity contribution in [1.29, 1.82) is 0 Å². The second kappa shape index (κ2) is 16.2. The van der Waals surface area contributed by atoms with Crippen LogP contribution in [0.4, 0.5) is 0 Å². The number of benzene rings is 5. The van der Waals surface area contributed by atoms with Gasteiger partial charge in [-0.05, 0) is 91.2 Å². The molecule has 10 aromatic rings. The van der Waals surface area contributed by atoms with Gasteiger partial charge in [0.15, 0.2) is 11.5 Å². The zero-order valence-electron chi connectivity index (χ0n) is 33.5. The predicted octanol–water partition coefficient (Wildman–Crippen LogP) is 14.9. The van der Waals surface area contributed by atoms with E-state index in [0.717, 1.165) is 76.4 Å². The number of carbonyl (C=O) groups is 1. The summed E-state index contributed by atoms with van der Waals surface area (Å²) in [4.78, 5) is 28.6. The quantitative estimate of drug-likeness (QED) is 0.158. The summed E-state index contributed by atoms with van der Waals surface area (Å²) in [5, 5.41) is 23.2. The topological polar surface area (TPSA) is 133 Å². The van der Waals surface area contributed by atoms with E-state index in [-0.39, 0.29) is 17.4 Å². The van der Waals surface area contributed by atoms with Crippen molar-refractivity contribution >= 4 is 85.2 Å². The van der Waals surface area contributed by atoms with Crippen molar-refractivity contribution in [1.82, 2.24) is 29.8 Å². The maximum Gasteiger partial charge on any atom is 0.337 e. The lowest BCUT2D eigenvalue weighted by atomic mass is 9.91. The number of halogens is 4. The van der Waals surface area contributed by atoms with Gasteiger partial charge in [0.1, 0.15) is 22.9 Å². The molecule has 1 aliphatic carbocycles. The molecule has 0 radical (unpaired) electrons. The molecule has 64 heavy (non-hydrogen) atoms. The lowest BCUT2D eigenvalue weighted by molar-refractivity contribution is 0.0698. The Hall–Kier alpha value is -6.56. The molecule has 1 aliphatic rings. The second-order valence-electron chi connectivity index (χ2n) is 15.9. The van der Waals surface area contributed by atoms with Gasteiger partial charge in [0.2, 0.25) is 0 Å². The Morgan fingerprint density at radius 3 is 1.97 bits per heavy atom. The van der Waals surface area contributed by atoms with E-state index in [2.05, 4.69) is 25.9 Å². The van der Waals surface area contributed by atoms with Crippen LogP contribution < -0.4 is 0 Å². The first-order valence-electron chi connectivity index (χ1n) is 20.6. The zero-order valence-corrected chi connectivity index (χ0v) is 36.6. The molecule has 5 aromatic heterocycles. The first-order valence-corrected chi connectivity index (χ1v) is 22.1. The summed E-state index contributed by atoms with van der Waals surface area (Å²) < 4.78 is 14.1. The number of carboxylic acids is 1. The Balaban J connectivity index is 1.10. The van der Waals surface area contributed by atoms with Gasteiger partial charge >= 0.3 is 5.97 Å². The first kappa shape index (κ1) is 40.2. The maximum absolute atomic E-state index is 13.7. The molecular formula is C50H32Cl4N6O4. The lowest BCUT2D eigenvalue weighted by Crippen LogP contribution is -2.14. The third-order valence-corrected chi connectivity index (χ3v) is 13.4. The Labute approximate surface area is 385 Å². The molecule has 14 heteroatoms. The molecule has 5 aromatic carbocycles. The van der Waals surface area contributed by atoms with Crippen LogP contribution in [0.3, 0.4) is 0 Å². The van der Waals surface area contributed by atoms with Crippen LogP contribution in [0.15, 0.2) is 131 Å². The fourth-order valence-electron chi connectivity index (χ4n) is 8.85. The van der Waals surface area contributed by atoms with Crippen molar-refractivity contribution in [2.75, 3.05) is 0 Å². The molecule has 0 atom stereocenters. The number of carboxylic acid groups (broad SMARTS) is 1. The number of aromatic nitrogens is 6. The molecular weight excluding hydrogens is 890 g/mol. The van der Waals surface area contributed by atoms with Gasteiger partial charge in [0.25, 0.3) is 0 Å². The minimum absolute atomic E-state index is 0.0393. The minimum Gasteiger partial charge on any atom is -0.478 e. The van der Waals surface area contributed by atoms with Gasteiger partial charge in [-0.15, -0.1) is 0 Å². The number of imidazole rings is 1. The Bertz CT molecular complexity index is 3500. The monoisotopic (exact) mass is 920 g/mol. The van der Waals surface area contributed by atoms with Crippen molar-refractivity contribution in [2.24, 2.45) is 0 Å². The predicted molar refractivity (Wildman–Crippen MR) is 252 cm³/mol. The molecule has 0 amide bonds. The first-order chi connectivity index (χ1) is 31.2. The smallest absolute Gasteiger partial charge is 0.337 e. The number of rotatable bonds is 8. The van der Waals surface area contributed by atoms with E-state index in [9.17, 15) is 9.90 Å². The van der Waals surface area contributed by atoms with Gasteiger partial charge in [-0.2, -0.15) is 0 Å². The number of pyridine rings is 2. The van der Waals surface area contributed by atoms with E-state index in [4.69, 9.17) is 65.4 Å². The van der Waals surface area contributed by atoms with Crippen LogP contribution in [0.5, 0.6) is 0 Å². The van der Waals surface area contributed by atoms with Crippen LogP contribution in [-0.4, -0.2) is 40.9 Å². The third kappa shape index (κ3) is 7.16. The fourth-order valence-corrected chi connectivity index (χ4v) is 9.45. The van der Waals surface area contributed by atoms with Crippen molar-refractivity contribution in [3.63, 3.8) is 0 Å². The maximum atomic E-state index is 13.7. The Morgan fingerprint density at radius 2 is 1.25 bits per heavy atom. The van der Waals surface area contributed by atoms with Gasteiger partial charge in [-0.1, -0.05) is 106 Å². The number of aromatic carboxylic acids is 1.